The van der Waals surface area contributed by atoms with Gasteiger partial charge in [-0.3, -0.25) is 9.69 Å². The molecule has 12 heavy (non-hydrogen) atoms. The smallest absolute Gasteiger partial charge is 0.331 e. The zero-order valence-corrected chi connectivity index (χ0v) is 7.53. The number of methoxy groups -OCH3 is 1. The molecule has 0 spiro atoms. The standard InChI is InChI=1S/C8H13NO3/c1-5-6(10)7(9(2)3)8(11)12-4/h5,7H,1H2,2-4H3. The molecule has 0 saturated carbocycles. The highest BCUT2D eigenvalue weighted by Crippen LogP contribution is 1.98. The fraction of sp³-hybridized carbons (Fsp3) is 0.500. The van der Waals surface area contributed by atoms with Crippen LogP contribution in [0.25, 0.3) is 0 Å². The van der Waals surface area contributed by atoms with E-state index in [1.165, 1.54) is 12.0 Å². The number of esters is 1. The van der Waals surface area contributed by atoms with Gasteiger partial charge in [0.05, 0.1) is 7.11 Å². The molecule has 0 radical (unpaired) electrons. The monoisotopic (exact) mass is 171 g/mol. The molecule has 0 N–H and O–H groups in total. The van der Waals surface area contributed by atoms with Crippen LogP contribution in [0.3, 0.4) is 0 Å². The Kier molecular flexibility index (Phi) is 4.21. The van der Waals surface area contributed by atoms with Gasteiger partial charge in [0, 0.05) is 0 Å². The molecule has 4 nitrogen and oxygen atoms in total. The third-order valence-electron chi connectivity index (χ3n) is 1.41. The molecule has 4 heteroatoms. The Morgan fingerprint density at radius 3 is 2.25 bits per heavy atom. The van der Waals surface area contributed by atoms with Gasteiger partial charge in [-0.05, 0) is 20.2 Å². The molecule has 1 unspecified atom stereocenters. The summed E-state index contributed by atoms with van der Waals surface area (Å²) in [4.78, 5) is 23.6. The Hall–Kier alpha value is -1.16. The molecule has 68 valence electrons. The molecular formula is C8H13NO3. The SMILES string of the molecule is C=CC(=O)C(C(=O)OC)N(C)C. The van der Waals surface area contributed by atoms with Gasteiger partial charge >= 0.3 is 5.97 Å². The minimum absolute atomic E-state index is 0.355. The van der Waals surface area contributed by atoms with E-state index in [4.69, 9.17) is 0 Å². The van der Waals surface area contributed by atoms with Crippen LogP contribution in [0.2, 0.25) is 0 Å². The molecule has 0 rings (SSSR count). The second kappa shape index (κ2) is 4.66. The summed E-state index contributed by atoms with van der Waals surface area (Å²) >= 11 is 0. The first-order valence-corrected chi connectivity index (χ1v) is 3.45. The van der Waals surface area contributed by atoms with E-state index < -0.39 is 12.0 Å². The zero-order valence-electron chi connectivity index (χ0n) is 7.53. The summed E-state index contributed by atoms with van der Waals surface area (Å²) < 4.78 is 4.45. The Balaban J connectivity index is 4.54. The average Bonchev–Trinajstić information content (AvgIpc) is 2.03. The minimum atomic E-state index is -0.868. The lowest BCUT2D eigenvalue weighted by Gasteiger charge is -2.18. The third-order valence-corrected chi connectivity index (χ3v) is 1.41. The lowest BCUT2D eigenvalue weighted by Crippen LogP contribution is -2.42. The van der Waals surface area contributed by atoms with Gasteiger partial charge in [0.15, 0.2) is 11.8 Å². The van der Waals surface area contributed by atoms with Gasteiger partial charge in [0.25, 0.3) is 0 Å². The van der Waals surface area contributed by atoms with Gasteiger partial charge in [-0.25, -0.2) is 4.79 Å². The average molecular weight is 171 g/mol. The summed E-state index contributed by atoms with van der Waals surface area (Å²) in [6.07, 6.45) is 1.11. The Morgan fingerprint density at radius 1 is 1.50 bits per heavy atom. The maximum absolute atomic E-state index is 11.1. The maximum atomic E-state index is 11.1. The number of ketones is 1. The fourth-order valence-corrected chi connectivity index (χ4v) is 0.805. The van der Waals surface area contributed by atoms with Crippen LogP contribution >= 0.6 is 0 Å². The number of hydrogen-bond donors (Lipinski definition) is 0. The van der Waals surface area contributed by atoms with E-state index in [9.17, 15) is 9.59 Å². The highest BCUT2D eigenvalue weighted by Gasteiger charge is 2.27. The van der Waals surface area contributed by atoms with Crippen molar-refractivity contribution in [3.05, 3.63) is 12.7 Å². The second-order valence-electron chi connectivity index (χ2n) is 2.50. The van der Waals surface area contributed by atoms with E-state index in [0.29, 0.717) is 0 Å². The zero-order chi connectivity index (χ0) is 9.72. The van der Waals surface area contributed by atoms with E-state index >= 15 is 0 Å². The molecule has 0 aromatic rings. The van der Waals surface area contributed by atoms with Crippen LogP contribution < -0.4 is 0 Å². The Bertz CT molecular complexity index is 198. The van der Waals surface area contributed by atoms with E-state index in [-0.39, 0.29) is 5.78 Å². The van der Waals surface area contributed by atoms with Crippen LogP contribution in [0.4, 0.5) is 0 Å². The minimum Gasteiger partial charge on any atom is -0.467 e. The third kappa shape index (κ3) is 2.47. The lowest BCUT2D eigenvalue weighted by atomic mass is 10.2. The summed E-state index contributed by atoms with van der Waals surface area (Å²) in [6, 6.07) is -0.868. The van der Waals surface area contributed by atoms with E-state index in [0.717, 1.165) is 6.08 Å². The molecule has 0 aromatic carbocycles. The van der Waals surface area contributed by atoms with Crippen molar-refractivity contribution in [1.82, 2.24) is 4.90 Å². The van der Waals surface area contributed by atoms with Crippen LogP contribution in [0.5, 0.6) is 0 Å². The van der Waals surface area contributed by atoms with E-state index in [1.807, 2.05) is 0 Å². The molecule has 0 aliphatic rings. The quantitative estimate of drug-likeness (QED) is 0.335. The van der Waals surface area contributed by atoms with Crippen LogP contribution in [-0.4, -0.2) is 43.9 Å². The van der Waals surface area contributed by atoms with Gasteiger partial charge in [-0.15, -0.1) is 0 Å². The molecule has 0 aliphatic carbocycles. The number of carbonyl (C=O) groups is 2. The predicted molar refractivity (Wildman–Crippen MR) is 44.7 cm³/mol. The molecule has 0 bridgehead atoms. The van der Waals surface area contributed by atoms with E-state index in [1.54, 1.807) is 14.1 Å². The highest BCUT2D eigenvalue weighted by molar-refractivity contribution is 6.08. The van der Waals surface area contributed by atoms with Gasteiger partial charge in [0.2, 0.25) is 0 Å². The Labute approximate surface area is 71.8 Å². The number of nitrogens with zero attached hydrogens (tertiary/aromatic N) is 1. The van der Waals surface area contributed by atoms with Gasteiger partial charge < -0.3 is 4.74 Å². The summed E-state index contributed by atoms with van der Waals surface area (Å²) in [6.45, 7) is 3.30. The second-order valence-corrected chi connectivity index (χ2v) is 2.50. The van der Waals surface area contributed by atoms with E-state index in [2.05, 4.69) is 11.3 Å². The van der Waals surface area contributed by atoms with Crippen molar-refractivity contribution in [2.75, 3.05) is 21.2 Å². The maximum Gasteiger partial charge on any atom is 0.331 e. The number of carbonyl (C=O) groups excluding carboxylic acids is 2. The van der Waals surface area contributed by atoms with Crippen molar-refractivity contribution in [3.8, 4) is 0 Å². The predicted octanol–water partition coefficient (Wildman–Crippen LogP) is -0.155. The van der Waals surface area contributed by atoms with Crippen LogP contribution in [-0.2, 0) is 14.3 Å². The van der Waals surface area contributed by atoms with Crippen molar-refractivity contribution in [1.29, 1.82) is 0 Å². The number of hydrogen-bond acceptors (Lipinski definition) is 4. The van der Waals surface area contributed by atoms with Crippen molar-refractivity contribution in [3.63, 3.8) is 0 Å². The molecule has 0 saturated heterocycles. The summed E-state index contributed by atoms with van der Waals surface area (Å²) in [5.74, 6) is -0.920. The summed E-state index contributed by atoms with van der Waals surface area (Å²) in [7, 11) is 4.50. The van der Waals surface area contributed by atoms with Crippen LogP contribution in [0.15, 0.2) is 12.7 Å². The molecule has 0 heterocycles. The van der Waals surface area contributed by atoms with Gasteiger partial charge in [0.1, 0.15) is 0 Å². The van der Waals surface area contributed by atoms with Crippen molar-refractivity contribution < 1.29 is 14.3 Å². The molecule has 0 aliphatic heterocycles. The molecule has 0 fully saturated rings. The molecule has 1 atom stereocenters. The van der Waals surface area contributed by atoms with Crippen LogP contribution in [0.1, 0.15) is 0 Å². The summed E-state index contributed by atoms with van der Waals surface area (Å²) in [5.41, 5.74) is 0. The van der Waals surface area contributed by atoms with Gasteiger partial charge in [-0.2, -0.15) is 0 Å². The largest absolute Gasteiger partial charge is 0.467 e. The number of ether oxygens (including phenoxy) is 1. The normalized spacial score (nSPS) is 12.3. The first-order valence-electron chi connectivity index (χ1n) is 3.45. The summed E-state index contributed by atoms with van der Waals surface area (Å²) in [5, 5.41) is 0. The molecule has 0 aromatic heterocycles. The topological polar surface area (TPSA) is 46.6 Å². The molecule has 0 amide bonds. The number of rotatable bonds is 4. The van der Waals surface area contributed by atoms with Crippen LogP contribution in [0, 0.1) is 0 Å². The number of likely N-dealkylation sites (N-methyl/N-ethyl adjacent to an activating group) is 1. The highest BCUT2D eigenvalue weighted by atomic mass is 16.5. The van der Waals surface area contributed by atoms with Crippen molar-refractivity contribution in [2.24, 2.45) is 0 Å². The van der Waals surface area contributed by atoms with Crippen molar-refractivity contribution >= 4 is 11.8 Å². The Morgan fingerprint density at radius 2 is 2.00 bits per heavy atom. The van der Waals surface area contributed by atoms with Crippen molar-refractivity contribution in [2.45, 2.75) is 6.04 Å². The van der Waals surface area contributed by atoms with Gasteiger partial charge in [-0.1, -0.05) is 6.58 Å². The lowest BCUT2D eigenvalue weighted by molar-refractivity contribution is -0.148. The first kappa shape index (κ1) is 10.8. The molecular weight excluding hydrogens is 158 g/mol. The first-order chi connectivity index (χ1) is 5.54. The fourth-order valence-electron chi connectivity index (χ4n) is 0.805.